The van der Waals surface area contributed by atoms with Gasteiger partial charge in [-0.15, -0.1) is 0 Å². The predicted molar refractivity (Wildman–Crippen MR) is 129 cm³/mol. The molecule has 2 N–H and O–H groups in total. The molecule has 9 nitrogen and oxygen atoms in total. The highest BCUT2D eigenvalue weighted by Gasteiger charge is 2.49. The Kier molecular flexibility index (Phi) is 5.17. The summed E-state index contributed by atoms with van der Waals surface area (Å²) in [4.78, 5) is 54.3. The number of Topliss-reactive ketones (excluding diaryl/α,β-unsaturated/α-hetero) is 1. The molecule has 1 aromatic heterocycles. The molecule has 0 aliphatic carbocycles. The molecule has 9 heteroatoms. The number of hydrogen-bond acceptors (Lipinski definition) is 5. The van der Waals surface area contributed by atoms with Crippen molar-refractivity contribution in [3.05, 3.63) is 100 Å². The number of non-ortho nitro benzene ring substituents is 1. The van der Waals surface area contributed by atoms with Crippen molar-refractivity contribution >= 4 is 34.3 Å². The number of H-pyrrole nitrogens is 1. The van der Waals surface area contributed by atoms with E-state index >= 15 is 0 Å². The number of aromatic nitrogens is 1. The van der Waals surface area contributed by atoms with Crippen LogP contribution in [0.4, 0.5) is 10.5 Å². The molecule has 3 aromatic carbocycles. The number of nitro benzene ring substituents is 1. The lowest BCUT2D eigenvalue weighted by Gasteiger charge is -2.22. The number of imide groups is 1. The van der Waals surface area contributed by atoms with Gasteiger partial charge in [-0.1, -0.05) is 48.5 Å². The fraction of sp³-hybridized carbons (Fsp3) is 0.115. The summed E-state index contributed by atoms with van der Waals surface area (Å²) in [6.45, 7) is 1.06. The number of hydrogen-bond donors (Lipinski definition) is 2. The minimum absolute atomic E-state index is 0.131. The molecular formula is C26H20N4O5. The van der Waals surface area contributed by atoms with Crippen LogP contribution in [0.5, 0.6) is 0 Å². The monoisotopic (exact) mass is 468 g/mol. The van der Waals surface area contributed by atoms with Gasteiger partial charge < -0.3 is 10.3 Å². The first-order valence-electron chi connectivity index (χ1n) is 10.9. The van der Waals surface area contributed by atoms with Crippen LogP contribution in [0.2, 0.25) is 0 Å². The number of rotatable bonds is 6. The minimum atomic E-state index is -1.45. The second kappa shape index (κ2) is 8.21. The molecule has 35 heavy (non-hydrogen) atoms. The van der Waals surface area contributed by atoms with Crippen molar-refractivity contribution in [1.29, 1.82) is 0 Å². The molecule has 1 aliphatic rings. The number of carbonyl (C=O) groups is 3. The Labute approximate surface area is 199 Å². The lowest BCUT2D eigenvalue weighted by Crippen LogP contribution is -2.41. The van der Waals surface area contributed by atoms with Gasteiger partial charge in [0.15, 0.2) is 5.78 Å². The first-order valence-corrected chi connectivity index (χ1v) is 10.9. The van der Waals surface area contributed by atoms with Crippen LogP contribution in [0, 0.1) is 10.1 Å². The molecular weight excluding hydrogens is 448 g/mol. The number of ketones is 1. The predicted octanol–water partition coefficient (Wildman–Crippen LogP) is 4.39. The molecule has 1 saturated heterocycles. The highest BCUT2D eigenvalue weighted by Crippen LogP contribution is 2.33. The Balaban J connectivity index is 1.48. The number of carbonyl (C=O) groups excluding carboxylic acids is 3. The van der Waals surface area contributed by atoms with Gasteiger partial charge in [0, 0.05) is 23.0 Å². The van der Waals surface area contributed by atoms with Crippen molar-refractivity contribution in [3.8, 4) is 11.3 Å². The van der Waals surface area contributed by atoms with Gasteiger partial charge in [-0.05, 0) is 36.2 Å². The summed E-state index contributed by atoms with van der Waals surface area (Å²) >= 11 is 0. The Morgan fingerprint density at radius 1 is 0.971 bits per heavy atom. The van der Waals surface area contributed by atoms with Gasteiger partial charge >= 0.3 is 6.03 Å². The van der Waals surface area contributed by atoms with Crippen LogP contribution in [0.15, 0.2) is 78.9 Å². The second-order valence-corrected chi connectivity index (χ2v) is 8.46. The molecule has 1 aliphatic heterocycles. The number of aromatic amines is 1. The van der Waals surface area contributed by atoms with Crippen LogP contribution < -0.4 is 5.32 Å². The number of nitrogens with zero attached hydrogens (tertiary/aromatic N) is 2. The summed E-state index contributed by atoms with van der Waals surface area (Å²) < 4.78 is 0. The van der Waals surface area contributed by atoms with E-state index in [0.717, 1.165) is 16.0 Å². The lowest BCUT2D eigenvalue weighted by atomic mass is 9.91. The van der Waals surface area contributed by atoms with Crippen LogP contribution in [0.25, 0.3) is 22.2 Å². The fourth-order valence-corrected chi connectivity index (χ4v) is 4.43. The molecule has 174 valence electrons. The van der Waals surface area contributed by atoms with E-state index in [1.807, 2.05) is 54.6 Å². The van der Waals surface area contributed by atoms with Crippen LogP contribution in [-0.2, 0) is 10.3 Å². The van der Waals surface area contributed by atoms with E-state index in [2.05, 4.69) is 10.3 Å². The maximum atomic E-state index is 13.6. The van der Waals surface area contributed by atoms with E-state index in [4.69, 9.17) is 0 Å². The topological polar surface area (TPSA) is 125 Å². The van der Waals surface area contributed by atoms with E-state index in [1.54, 1.807) is 0 Å². The van der Waals surface area contributed by atoms with Gasteiger partial charge in [-0.25, -0.2) is 4.79 Å². The smallest absolute Gasteiger partial charge is 0.325 e. The average Bonchev–Trinajstić information content (AvgIpc) is 3.36. The largest absolute Gasteiger partial charge is 0.354 e. The highest BCUT2D eigenvalue weighted by atomic mass is 16.6. The molecule has 0 radical (unpaired) electrons. The molecule has 5 rings (SSSR count). The van der Waals surface area contributed by atoms with Crippen molar-refractivity contribution in [3.63, 3.8) is 0 Å². The maximum Gasteiger partial charge on any atom is 0.325 e. The number of benzene rings is 3. The number of para-hydroxylation sites is 1. The number of urea groups is 1. The summed E-state index contributed by atoms with van der Waals surface area (Å²) in [6.07, 6.45) is 0. The first-order chi connectivity index (χ1) is 16.8. The van der Waals surface area contributed by atoms with E-state index in [-0.39, 0.29) is 5.69 Å². The third-order valence-corrected chi connectivity index (χ3v) is 6.28. The number of fused-ring (bicyclic) bond motifs is 1. The number of nitrogens with one attached hydrogen (secondary N) is 2. The van der Waals surface area contributed by atoms with Crippen molar-refractivity contribution < 1.29 is 19.3 Å². The van der Waals surface area contributed by atoms with Gasteiger partial charge in [-0.2, -0.15) is 0 Å². The second-order valence-electron chi connectivity index (χ2n) is 8.46. The minimum Gasteiger partial charge on any atom is -0.354 e. The lowest BCUT2D eigenvalue weighted by molar-refractivity contribution is -0.384. The molecule has 0 saturated carbocycles. The third kappa shape index (κ3) is 3.63. The normalized spacial score (nSPS) is 17.6. The Bertz CT molecular complexity index is 1490. The van der Waals surface area contributed by atoms with Gasteiger partial charge in [0.1, 0.15) is 5.54 Å². The van der Waals surface area contributed by atoms with E-state index in [9.17, 15) is 24.5 Å². The van der Waals surface area contributed by atoms with Crippen LogP contribution in [0.1, 0.15) is 22.8 Å². The molecule has 1 atom stereocenters. The summed E-state index contributed by atoms with van der Waals surface area (Å²) in [5, 5.41) is 14.3. The zero-order chi connectivity index (χ0) is 24.7. The van der Waals surface area contributed by atoms with E-state index < -0.39 is 34.7 Å². The number of nitro groups is 1. The molecule has 2 heterocycles. The van der Waals surface area contributed by atoms with Crippen LogP contribution >= 0.6 is 0 Å². The maximum absolute atomic E-state index is 13.6. The van der Waals surface area contributed by atoms with Gasteiger partial charge in [0.25, 0.3) is 11.6 Å². The van der Waals surface area contributed by atoms with Gasteiger partial charge in [-0.3, -0.25) is 24.6 Å². The Morgan fingerprint density at radius 3 is 2.31 bits per heavy atom. The van der Waals surface area contributed by atoms with Crippen molar-refractivity contribution in [2.45, 2.75) is 12.5 Å². The summed E-state index contributed by atoms with van der Waals surface area (Å²) in [5.41, 5.74) is 1.39. The molecule has 3 amide bonds. The molecule has 0 spiro atoms. The summed E-state index contributed by atoms with van der Waals surface area (Å²) in [6, 6.07) is 21.4. The highest BCUT2D eigenvalue weighted by molar-refractivity contribution is 6.17. The zero-order valence-corrected chi connectivity index (χ0v) is 18.6. The fourth-order valence-electron chi connectivity index (χ4n) is 4.43. The van der Waals surface area contributed by atoms with Crippen molar-refractivity contribution in [2.24, 2.45) is 0 Å². The summed E-state index contributed by atoms with van der Waals surface area (Å²) in [5.74, 6) is -0.997. The standard InChI is InChI=1S/C26H20N4O5/c1-26(17-11-13-18(14-12-17)30(34)35)24(32)29(25(33)28-26)15-21(31)22-19-9-5-6-10-20(19)27-23(22)16-7-3-2-4-8-16/h2-14,27H,15H2,1H3,(H,28,33)/t26-/m0/s1. The van der Waals surface area contributed by atoms with Gasteiger partial charge in [0.2, 0.25) is 0 Å². The van der Waals surface area contributed by atoms with Crippen molar-refractivity contribution in [2.75, 3.05) is 6.54 Å². The van der Waals surface area contributed by atoms with Gasteiger partial charge in [0.05, 0.1) is 22.7 Å². The van der Waals surface area contributed by atoms with Crippen LogP contribution in [-0.4, -0.2) is 39.1 Å². The Morgan fingerprint density at radius 2 is 1.63 bits per heavy atom. The molecule has 0 unspecified atom stereocenters. The molecule has 4 aromatic rings. The summed E-state index contributed by atoms with van der Waals surface area (Å²) in [7, 11) is 0. The third-order valence-electron chi connectivity index (χ3n) is 6.28. The van der Waals surface area contributed by atoms with Crippen molar-refractivity contribution in [1.82, 2.24) is 15.2 Å². The quantitative estimate of drug-likeness (QED) is 0.188. The molecule has 0 bridgehead atoms. The SMILES string of the molecule is C[C@@]1(c2ccc([N+](=O)[O-])cc2)NC(=O)N(CC(=O)c2c(-c3ccccc3)[nH]c3ccccc23)C1=O. The molecule has 1 fully saturated rings. The first kappa shape index (κ1) is 22.0. The number of amides is 3. The Hall–Kier alpha value is -4.79. The van der Waals surface area contributed by atoms with E-state index in [1.165, 1.54) is 31.2 Å². The van der Waals surface area contributed by atoms with Crippen LogP contribution in [0.3, 0.4) is 0 Å². The van der Waals surface area contributed by atoms with E-state index in [0.29, 0.717) is 22.2 Å². The zero-order valence-electron chi connectivity index (χ0n) is 18.6. The average molecular weight is 468 g/mol.